The highest BCUT2D eigenvalue weighted by molar-refractivity contribution is 6.06. The number of amides is 2. The van der Waals surface area contributed by atoms with Crippen LogP contribution in [0.3, 0.4) is 0 Å². The van der Waals surface area contributed by atoms with E-state index in [0.717, 1.165) is 0 Å². The van der Waals surface area contributed by atoms with Gasteiger partial charge >= 0.3 is 5.97 Å². The van der Waals surface area contributed by atoms with Gasteiger partial charge in [0.1, 0.15) is 6.04 Å². The van der Waals surface area contributed by atoms with Crippen LogP contribution in [0.5, 0.6) is 0 Å². The minimum Gasteiger partial charge on any atom is -0.480 e. The van der Waals surface area contributed by atoms with E-state index in [-0.39, 0.29) is 12.0 Å². The van der Waals surface area contributed by atoms with Crippen molar-refractivity contribution >= 4 is 17.8 Å². The van der Waals surface area contributed by atoms with E-state index in [4.69, 9.17) is 5.73 Å². The molecule has 1 unspecified atom stereocenters. The first-order valence-corrected chi connectivity index (χ1v) is 6.37. The van der Waals surface area contributed by atoms with E-state index < -0.39 is 30.4 Å². The molecule has 3 N–H and O–H groups in total. The Balaban J connectivity index is 3.14. The van der Waals surface area contributed by atoms with Gasteiger partial charge in [-0.1, -0.05) is 36.9 Å². The van der Waals surface area contributed by atoms with Crippen LogP contribution in [0, 0.1) is 0 Å². The molecular weight excluding hydrogens is 272 g/mol. The van der Waals surface area contributed by atoms with Gasteiger partial charge in [0.05, 0.1) is 6.54 Å². The van der Waals surface area contributed by atoms with Crippen LogP contribution in [0.4, 0.5) is 0 Å². The number of benzene rings is 1. The molecule has 0 aliphatic rings. The highest BCUT2D eigenvalue weighted by Gasteiger charge is 2.34. The third-order valence-corrected chi connectivity index (χ3v) is 2.90. The van der Waals surface area contributed by atoms with Crippen molar-refractivity contribution in [2.45, 2.75) is 19.4 Å². The van der Waals surface area contributed by atoms with Crippen LogP contribution in [-0.2, 0) is 20.8 Å². The van der Waals surface area contributed by atoms with Crippen molar-refractivity contribution in [1.82, 2.24) is 4.90 Å². The van der Waals surface area contributed by atoms with Crippen molar-refractivity contribution in [3.63, 3.8) is 0 Å². The van der Waals surface area contributed by atoms with Crippen molar-refractivity contribution in [3.05, 3.63) is 48.0 Å². The minimum absolute atomic E-state index is 0.0148. The summed E-state index contributed by atoms with van der Waals surface area (Å²) in [6.07, 6.45) is 0.0148. The van der Waals surface area contributed by atoms with Crippen LogP contribution in [0.15, 0.2) is 42.5 Å². The predicted molar refractivity (Wildman–Crippen MR) is 77.3 cm³/mol. The number of nitrogens with zero attached hydrogens (tertiary/aromatic N) is 1. The highest BCUT2D eigenvalue weighted by atomic mass is 16.4. The molecule has 1 aromatic carbocycles. The van der Waals surface area contributed by atoms with E-state index >= 15 is 0 Å². The average Bonchev–Trinajstić information content (AvgIpc) is 2.46. The molecule has 0 radical (unpaired) electrons. The molecule has 0 saturated heterocycles. The van der Waals surface area contributed by atoms with Gasteiger partial charge in [-0.15, -0.1) is 0 Å². The van der Waals surface area contributed by atoms with Gasteiger partial charge in [0.2, 0.25) is 5.91 Å². The van der Waals surface area contributed by atoms with Gasteiger partial charge in [0.25, 0.3) is 5.91 Å². The lowest BCUT2D eigenvalue weighted by Gasteiger charge is -2.27. The van der Waals surface area contributed by atoms with E-state index in [1.165, 1.54) is 6.92 Å². The lowest BCUT2D eigenvalue weighted by atomic mass is 10.0. The summed E-state index contributed by atoms with van der Waals surface area (Å²) >= 11 is 0. The molecule has 6 nitrogen and oxygen atoms in total. The Morgan fingerprint density at radius 2 is 1.86 bits per heavy atom. The Bertz CT molecular complexity index is 554. The number of aliphatic carboxylic acids is 1. The summed E-state index contributed by atoms with van der Waals surface area (Å²) in [4.78, 5) is 36.1. The van der Waals surface area contributed by atoms with Crippen molar-refractivity contribution in [2.75, 3.05) is 6.54 Å². The Labute approximate surface area is 122 Å². The van der Waals surface area contributed by atoms with Gasteiger partial charge in [0.15, 0.2) is 0 Å². The topological polar surface area (TPSA) is 101 Å². The predicted octanol–water partition coefficient (Wildman–Crippen LogP) is 0.572. The smallest absolute Gasteiger partial charge is 0.327 e. The Hall–Kier alpha value is -2.47. The largest absolute Gasteiger partial charge is 0.480 e. The molecule has 1 rings (SSSR count). The Morgan fingerprint density at radius 1 is 1.29 bits per heavy atom. The van der Waals surface area contributed by atoms with E-state index in [0.29, 0.717) is 10.5 Å². The summed E-state index contributed by atoms with van der Waals surface area (Å²) < 4.78 is 0. The molecule has 112 valence electrons. The van der Waals surface area contributed by atoms with Crippen LogP contribution < -0.4 is 5.73 Å². The first-order valence-electron chi connectivity index (χ1n) is 6.37. The fourth-order valence-electron chi connectivity index (χ4n) is 1.86. The molecule has 0 heterocycles. The Morgan fingerprint density at radius 3 is 2.29 bits per heavy atom. The number of rotatable bonds is 6. The lowest BCUT2D eigenvalue weighted by molar-refractivity contribution is -0.156. The zero-order valence-electron chi connectivity index (χ0n) is 11.8. The maximum Gasteiger partial charge on any atom is 0.327 e. The molecule has 1 aromatic rings. The summed E-state index contributed by atoms with van der Waals surface area (Å²) in [7, 11) is 0. The average molecular weight is 290 g/mol. The van der Waals surface area contributed by atoms with Crippen LogP contribution >= 0.6 is 0 Å². The molecule has 6 heteroatoms. The zero-order valence-corrected chi connectivity index (χ0v) is 11.8. The van der Waals surface area contributed by atoms with Gasteiger partial charge in [-0.3, -0.25) is 14.5 Å². The number of imide groups is 1. The van der Waals surface area contributed by atoms with E-state index in [1.807, 2.05) is 0 Å². The number of carboxylic acids is 1. The zero-order chi connectivity index (χ0) is 16.0. The maximum absolute atomic E-state index is 12.1. The SMILES string of the molecule is C=C(C)C(=O)N(C(=O)CN)C(Cc1ccccc1)C(=O)O. The fourth-order valence-corrected chi connectivity index (χ4v) is 1.86. The van der Waals surface area contributed by atoms with Gasteiger partial charge in [-0.25, -0.2) is 4.79 Å². The molecule has 0 aromatic heterocycles. The summed E-state index contributed by atoms with van der Waals surface area (Å²) in [6, 6.07) is 7.45. The molecule has 2 amide bonds. The van der Waals surface area contributed by atoms with Crippen molar-refractivity contribution in [3.8, 4) is 0 Å². The van der Waals surface area contributed by atoms with Crippen molar-refractivity contribution in [2.24, 2.45) is 5.73 Å². The van der Waals surface area contributed by atoms with Crippen LogP contribution in [0.2, 0.25) is 0 Å². The summed E-state index contributed by atoms with van der Waals surface area (Å²) in [5.41, 5.74) is 6.06. The molecule has 0 bridgehead atoms. The van der Waals surface area contributed by atoms with Crippen LogP contribution in [-0.4, -0.2) is 40.4 Å². The monoisotopic (exact) mass is 290 g/mol. The minimum atomic E-state index is -1.31. The normalized spacial score (nSPS) is 11.5. The molecule has 0 fully saturated rings. The van der Waals surface area contributed by atoms with E-state index in [1.54, 1.807) is 30.3 Å². The number of hydrogen-bond acceptors (Lipinski definition) is 4. The number of carbonyl (C=O) groups is 3. The van der Waals surface area contributed by atoms with Crippen LogP contribution in [0.1, 0.15) is 12.5 Å². The molecule has 0 saturated carbocycles. The summed E-state index contributed by atoms with van der Waals surface area (Å²) in [5, 5.41) is 9.36. The van der Waals surface area contributed by atoms with Crippen LogP contribution in [0.25, 0.3) is 0 Å². The first-order chi connectivity index (χ1) is 9.88. The van der Waals surface area contributed by atoms with Gasteiger partial charge in [0, 0.05) is 12.0 Å². The first kappa shape index (κ1) is 16.6. The maximum atomic E-state index is 12.1. The number of carboxylic acid groups (broad SMARTS) is 1. The molecule has 0 spiro atoms. The van der Waals surface area contributed by atoms with E-state index in [9.17, 15) is 19.5 Å². The van der Waals surface area contributed by atoms with Gasteiger partial charge in [-0.05, 0) is 12.5 Å². The van der Waals surface area contributed by atoms with Gasteiger partial charge < -0.3 is 10.8 Å². The second kappa shape index (κ2) is 7.35. The second-order valence-electron chi connectivity index (χ2n) is 4.60. The number of nitrogens with two attached hydrogens (primary N) is 1. The molecule has 0 aliphatic heterocycles. The molecule has 0 aliphatic carbocycles. The summed E-state index contributed by atoms with van der Waals surface area (Å²) in [5.74, 6) is -2.74. The number of hydrogen-bond donors (Lipinski definition) is 2. The van der Waals surface area contributed by atoms with Gasteiger partial charge in [-0.2, -0.15) is 0 Å². The molecular formula is C15H18N2O4. The quantitative estimate of drug-likeness (QED) is 0.746. The number of carbonyl (C=O) groups excluding carboxylic acids is 2. The van der Waals surface area contributed by atoms with Crippen molar-refractivity contribution in [1.29, 1.82) is 0 Å². The lowest BCUT2D eigenvalue weighted by Crippen LogP contribution is -2.52. The summed E-state index contributed by atoms with van der Waals surface area (Å²) in [6.45, 7) is 4.43. The van der Waals surface area contributed by atoms with Crippen molar-refractivity contribution < 1.29 is 19.5 Å². The highest BCUT2D eigenvalue weighted by Crippen LogP contribution is 2.13. The third kappa shape index (κ3) is 4.25. The Kier molecular flexibility index (Phi) is 5.80. The van der Waals surface area contributed by atoms with E-state index in [2.05, 4.69) is 6.58 Å². The second-order valence-corrected chi connectivity index (χ2v) is 4.60. The molecule has 21 heavy (non-hydrogen) atoms. The standard InChI is InChI=1S/C15H18N2O4/c1-10(2)14(19)17(13(18)9-16)12(15(20)21)8-11-6-4-3-5-7-11/h3-7,12H,1,8-9,16H2,2H3,(H,20,21). The fraction of sp³-hybridized carbons (Fsp3) is 0.267. The third-order valence-electron chi connectivity index (χ3n) is 2.90. The molecule has 1 atom stereocenters.